The molecule has 1 rings (SSSR count). The van der Waals surface area contributed by atoms with Crippen molar-refractivity contribution in [2.75, 3.05) is 0 Å². The Morgan fingerprint density at radius 3 is 2.50 bits per heavy atom. The molecule has 0 aliphatic rings. The van der Waals surface area contributed by atoms with E-state index in [1.807, 2.05) is 0 Å². The zero-order valence-corrected chi connectivity index (χ0v) is 8.08. The van der Waals surface area contributed by atoms with Crippen molar-refractivity contribution in [1.82, 2.24) is 0 Å². The van der Waals surface area contributed by atoms with Crippen molar-refractivity contribution < 1.29 is 43.1 Å². The molecule has 0 aromatic heterocycles. The van der Waals surface area contributed by atoms with Crippen LogP contribution in [0.3, 0.4) is 0 Å². The predicted octanol–water partition coefficient (Wildman–Crippen LogP) is -0.112. The smallest absolute Gasteiger partial charge is 0.0516 e. The van der Waals surface area contributed by atoms with E-state index in [1.54, 1.807) is 18.2 Å². The minimum Gasteiger partial charge on any atom is -0.596 e. The molecule has 0 saturated heterocycles. The van der Waals surface area contributed by atoms with Crippen molar-refractivity contribution in [3.63, 3.8) is 0 Å². The molecule has 0 aliphatic heterocycles. The van der Waals surface area contributed by atoms with Gasteiger partial charge < -0.3 is 5.21 Å². The quantitative estimate of drug-likeness (QED) is 0.505. The van der Waals surface area contributed by atoms with Crippen LogP contribution in [0.4, 0.5) is 5.69 Å². The van der Waals surface area contributed by atoms with E-state index in [-0.39, 0.29) is 38.4 Å². The fourth-order valence-corrected chi connectivity index (χ4v) is 0.526. The Bertz CT molecular complexity index is 178. The van der Waals surface area contributed by atoms with E-state index in [2.05, 4.69) is 6.07 Å². The van der Waals surface area contributed by atoms with Crippen LogP contribution < -0.4 is 5.23 Å². The van der Waals surface area contributed by atoms with Gasteiger partial charge in [0.1, 0.15) is 0 Å². The molecule has 0 fully saturated rings. The summed E-state index contributed by atoms with van der Waals surface area (Å²) in [5, 5.41) is 17.6. The third kappa shape index (κ3) is 2.86. The Labute approximate surface area is 84.1 Å². The molecule has 0 spiro atoms. The summed E-state index contributed by atoms with van der Waals surface area (Å²) in [7, 11) is 0. The normalized spacial score (nSPS) is 11.8. The molecule has 1 aromatic carbocycles. The summed E-state index contributed by atoms with van der Waals surface area (Å²) in [6.07, 6.45) is 0. The molecule has 1 atom stereocenters. The molecule has 10 heavy (non-hydrogen) atoms. The van der Waals surface area contributed by atoms with Crippen LogP contribution in [0.15, 0.2) is 24.3 Å². The van der Waals surface area contributed by atoms with Crippen LogP contribution in [-0.2, 0) is 32.7 Å². The third-order valence-electron chi connectivity index (χ3n) is 0.939. The second kappa shape index (κ2) is 4.93. The maximum Gasteiger partial charge on any atom is 0.0516 e. The second-order valence-corrected chi connectivity index (χ2v) is 1.58. The molecule has 1 aromatic rings. The zero-order valence-electron chi connectivity index (χ0n) is 5.24. The van der Waals surface area contributed by atoms with Crippen molar-refractivity contribution in [2.24, 2.45) is 0 Å². The first-order chi connectivity index (χ1) is 4.30. The molecule has 0 amide bonds. The Kier molecular flexibility index (Phi) is 5.04. The fraction of sp³-hybridized carbons (Fsp3) is 0. The van der Waals surface area contributed by atoms with Crippen LogP contribution in [-0.4, -0.2) is 5.21 Å². The van der Waals surface area contributed by atoms with Crippen molar-refractivity contribution in [2.45, 2.75) is 0 Å². The minimum atomic E-state index is -0.935. The largest absolute Gasteiger partial charge is 0.596 e. The van der Waals surface area contributed by atoms with Gasteiger partial charge in [-0.15, -0.1) is 12.1 Å². The van der Waals surface area contributed by atoms with Gasteiger partial charge in [-0.1, -0.05) is 0 Å². The van der Waals surface area contributed by atoms with Gasteiger partial charge in [0.2, 0.25) is 0 Å². The van der Waals surface area contributed by atoms with E-state index in [0.717, 1.165) is 0 Å². The fourth-order valence-electron chi connectivity index (χ4n) is 0.526. The molecule has 1 radical (unpaired) electrons. The Hall–Kier alpha value is 0.204. The van der Waals surface area contributed by atoms with Crippen LogP contribution in [0.5, 0.6) is 0 Å². The van der Waals surface area contributed by atoms with E-state index in [1.165, 1.54) is 6.07 Å². The third-order valence-corrected chi connectivity index (χ3v) is 0.939. The van der Waals surface area contributed by atoms with Crippen molar-refractivity contribution in [1.29, 1.82) is 0 Å². The molecule has 0 saturated carbocycles. The first kappa shape index (κ1) is 10.2. The summed E-state index contributed by atoms with van der Waals surface area (Å²) < 4.78 is 0. The van der Waals surface area contributed by atoms with Gasteiger partial charge in [0.25, 0.3) is 0 Å². The van der Waals surface area contributed by atoms with E-state index >= 15 is 0 Å². The monoisotopic (exact) mass is 213 g/mol. The van der Waals surface area contributed by atoms with Crippen LogP contribution in [0.1, 0.15) is 0 Å². The first-order valence-corrected chi connectivity index (χ1v) is 2.51. The molecule has 4 heteroatoms. The molecular formula is C6H6NO2Y-. The Morgan fingerprint density at radius 2 is 2.20 bits per heavy atom. The SMILES string of the molecule is [O-][NH+](O)c1[c-]cccc1.[Y]. The summed E-state index contributed by atoms with van der Waals surface area (Å²) in [4.78, 5) is 0. The van der Waals surface area contributed by atoms with Crippen LogP contribution in [0, 0.1) is 11.3 Å². The van der Waals surface area contributed by atoms with Gasteiger partial charge in [-0.25, -0.2) is 10.4 Å². The van der Waals surface area contributed by atoms with Gasteiger partial charge in [-0.3, -0.25) is 0 Å². The van der Waals surface area contributed by atoms with Gasteiger partial charge in [0.05, 0.1) is 5.69 Å². The second-order valence-electron chi connectivity index (χ2n) is 1.58. The van der Waals surface area contributed by atoms with E-state index < -0.39 is 5.23 Å². The maximum atomic E-state index is 10.2. The summed E-state index contributed by atoms with van der Waals surface area (Å²) >= 11 is 0. The molecule has 0 bridgehead atoms. The maximum absolute atomic E-state index is 10.2. The Morgan fingerprint density at radius 1 is 1.50 bits per heavy atom. The molecule has 1 unspecified atom stereocenters. The van der Waals surface area contributed by atoms with E-state index in [0.29, 0.717) is 0 Å². The molecular weight excluding hydrogens is 207 g/mol. The molecule has 2 N–H and O–H groups in total. The van der Waals surface area contributed by atoms with Gasteiger partial charge in [-0.2, -0.15) is 18.2 Å². The van der Waals surface area contributed by atoms with E-state index in [4.69, 9.17) is 5.21 Å². The van der Waals surface area contributed by atoms with Crippen molar-refractivity contribution in [3.8, 4) is 0 Å². The molecule has 0 heterocycles. The summed E-state index contributed by atoms with van der Waals surface area (Å²) in [5.41, 5.74) is 0.206. The van der Waals surface area contributed by atoms with Crippen molar-refractivity contribution >= 4 is 5.69 Å². The van der Waals surface area contributed by atoms with Gasteiger partial charge >= 0.3 is 0 Å². The number of para-hydroxylation sites is 1. The number of rotatable bonds is 1. The topological polar surface area (TPSA) is 47.7 Å². The van der Waals surface area contributed by atoms with Gasteiger partial charge in [0.15, 0.2) is 0 Å². The van der Waals surface area contributed by atoms with Gasteiger partial charge in [0, 0.05) is 32.7 Å². The summed E-state index contributed by atoms with van der Waals surface area (Å²) in [6.45, 7) is 0. The standard InChI is InChI=1S/C6H6NO2.Y/c8-7(9)6-4-2-1-3-5-6;/h1-4,7-8H;/q-1;. The average Bonchev–Trinajstić information content (AvgIpc) is 1.90. The predicted molar refractivity (Wildman–Crippen MR) is 31.1 cm³/mol. The number of nitrogens with one attached hydrogen (secondary N) is 1. The van der Waals surface area contributed by atoms with Gasteiger partial charge in [-0.05, 0) is 0 Å². The molecule has 0 aliphatic carbocycles. The zero-order chi connectivity index (χ0) is 6.69. The molecule has 51 valence electrons. The van der Waals surface area contributed by atoms with Crippen LogP contribution >= 0.6 is 0 Å². The first-order valence-electron chi connectivity index (χ1n) is 2.51. The molecule has 3 nitrogen and oxygen atoms in total. The summed E-state index contributed by atoms with van der Waals surface area (Å²) in [5.74, 6) is 0. The Balaban J connectivity index is 0.000000810. The van der Waals surface area contributed by atoms with E-state index in [9.17, 15) is 5.21 Å². The van der Waals surface area contributed by atoms with Crippen LogP contribution in [0.25, 0.3) is 0 Å². The van der Waals surface area contributed by atoms with Crippen molar-refractivity contribution in [3.05, 3.63) is 35.5 Å². The van der Waals surface area contributed by atoms with Crippen LogP contribution in [0.2, 0.25) is 0 Å². The number of hydrogen-bond donors (Lipinski definition) is 2. The number of quaternary nitrogens is 1. The summed E-state index contributed by atoms with van der Waals surface area (Å²) in [6, 6.07) is 9.04. The minimum absolute atomic E-state index is 0. The number of hydrogen-bond acceptors (Lipinski definition) is 2. The average molecular weight is 213 g/mol. The number of benzene rings is 1.